The Morgan fingerprint density at radius 2 is 2.22 bits per heavy atom. The zero-order valence-electron chi connectivity index (χ0n) is 13.1. The zero-order valence-corrected chi connectivity index (χ0v) is 13.1. The van der Waals surface area contributed by atoms with Crippen LogP contribution in [0.5, 0.6) is 0 Å². The highest BCUT2D eigenvalue weighted by atomic mass is 16.5. The average Bonchev–Trinajstić information content (AvgIpc) is 2.60. The number of hydrogen-bond donors (Lipinski definition) is 1. The van der Waals surface area contributed by atoms with Crippen LogP contribution in [0.15, 0.2) is 30.3 Å². The van der Waals surface area contributed by atoms with Crippen molar-refractivity contribution in [1.82, 2.24) is 4.90 Å². The van der Waals surface area contributed by atoms with E-state index in [1.54, 1.807) is 30.4 Å². The van der Waals surface area contributed by atoms with Gasteiger partial charge in [0, 0.05) is 32.4 Å². The van der Waals surface area contributed by atoms with Gasteiger partial charge in [0.25, 0.3) is 0 Å². The maximum absolute atomic E-state index is 12.2. The lowest BCUT2D eigenvalue weighted by atomic mass is 10.1. The number of aliphatic hydroxyl groups is 1. The van der Waals surface area contributed by atoms with Crippen LogP contribution in [0.4, 0.5) is 0 Å². The first-order valence-corrected chi connectivity index (χ1v) is 7.92. The van der Waals surface area contributed by atoms with Gasteiger partial charge in [-0.1, -0.05) is 12.1 Å². The minimum Gasteiger partial charge on any atom is -0.396 e. The largest absolute Gasteiger partial charge is 0.396 e. The smallest absolute Gasteiger partial charge is 0.246 e. The molecule has 1 aromatic carbocycles. The van der Waals surface area contributed by atoms with Gasteiger partial charge in [0.2, 0.25) is 5.91 Å². The summed E-state index contributed by atoms with van der Waals surface area (Å²) in [6.07, 6.45) is 5.80. The number of piperidine rings is 1. The summed E-state index contributed by atoms with van der Waals surface area (Å²) >= 11 is 0. The van der Waals surface area contributed by atoms with E-state index in [-0.39, 0.29) is 18.6 Å². The molecule has 5 heteroatoms. The van der Waals surface area contributed by atoms with Crippen molar-refractivity contribution in [2.75, 3.05) is 26.3 Å². The molecule has 0 radical (unpaired) electrons. The van der Waals surface area contributed by atoms with Gasteiger partial charge in [-0.15, -0.1) is 0 Å². The van der Waals surface area contributed by atoms with Gasteiger partial charge >= 0.3 is 0 Å². The molecule has 5 nitrogen and oxygen atoms in total. The molecule has 1 aromatic rings. The van der Waals surface area contributed by atoms with Gasteiger partial charge in [0.1, 0.15) is 0 Å². The van der Waals surface area contributed by atoms with Crippen LogP contribution in [0.2, 0.25) is 0 Å². The number of likely N-dealkylation sites (tertiary alicyclic amines) is 1. The van der Waals surface area contributed by atoms with E-state index >= 15 is 0 Å². The van der Waals surface area contributed by atoms with Gasteiger partial charge in [-0.25, -0.2) is 0 Å². The SMILES string of the molecule is N#Cc1cccc(/C=C/C(=O)N2CCC(OCCCO)CC2)c1. The van der Waals surface area contributed by atoms with Crippen molar-refractivity contribution in [2.45, 2.75) is 25.4 Å². The zero-order chi connectivity index (χ0) is 16.5. The Balaban J connectivity index is 1.80. The molecule has 1 aliphatic heterocycles. The van der Waals surface area contributed by atoms with E-state index in [1.807, 2.05) is 11.0 Å². The van der Waals surface area contributed by atoms with E-state index in [4.69, 9.17) is 15.1 Å². The van der Waals surface area contributed by atoms with E-state index in [1.165, 1.54) is 0 Å². The molecule has 0 aliphatic carbocycles. The van der Waals surface area contributed by atoms with Gasteiger partial charge in [0.15, 0.2) is 0 Å². The normalized spacial score (nSPS) is 15.7. The lowest BCUT2D eigenvalue weighted by molar-refractivity contribution is -0.128. The lowest BCUT2D eigenvalue weighted by Gasteiger charge is -2.31. The monoisotopic (exact) mass is 314 g/mol. The minimum absolute atomic E-state index is 0.0128. The summed E-state index contributed by atoms with van der Waals surface area (Å²) in [7, 11) is 0. The summed E-state index contributed by atoms with van der Waals surface area (Å²) < 4.78 is 5.66. The highest BCUT2D eigenvalue weighted by Crippen LogP contribution is 2.15. The van der Waals surface area contributed by atoms with E-state index < -0.39 is 0 Å². The number of ether oxygens (including phenoxy) is 1. The third-order valence-electron chi connectivity index (χ3n) is 3.84. The molecule has 0 saturated carbocycles. The van der Waals surface area contributed by atoms with Crippen molar-refractivity contribution in [1.29, 1.82) is 5.26 Å². The van der Waals surface area contributed by atoms with Crippen molar-refractivity contribution >= 4 is 12.0 Å². The fraction of sp³-hybridized carbons (Fsp3) is 0.444. The highest BCUT2D eigenvalue weighted by molar-refractivity contribution is 5.91. The molecular formula is C18H22N2O3. The van der Waals surface area contributed by atoms with Crippen LogP contribution in [-0.2, 0) is 9.53 Å². The molecule has 1 aliphatic rings. The summed E-state index contributed by atoms with van der Waals surface area (Å²) in [6, 6.07) is 9.25. The summed E-state index contributed by atoms with van der Waals surface area (Å²) in [5.74, 6) is -0.0128. The number of hydrogen-bond acceptors (Lipinski definition) is 4. The fourth-order valence-electron chi connectivity index (χ4n) is 2.54. The maximum Gasteiger partial charge on any atom is 0.246 e. The highest BCUT2D eigenvalue weighted by Gasteiger charge is 2.21. The van der Waals surface area contributed by atoms with Crippen molar-refractivity contribution < 1.29 is 14.6 Å². The number of rotatable bonds is 6. The van der Waals surface area contributed by atoms with Gasteiger partial charge < -0.3 is 14.7 Å². The number of nitriles is 1. The summed E-state index contributed by atoms with van der Waals surface area (Å²) in [4.78, 5) is 14.0. The molecule has 0 atom stereocenters. The van der Waals surface area contributed by atoms with Crippen molar-refractivity contribution in [3.8, 4) is 6.07 Å². The molecule has 122 valence electrons. The Morgan fingerprint density at radius 1 is 1.43 bits per heavy atom. The third-order valence-corrected chi connectivity index (χ3v) is 3.84. The average molecular weight is 314 g/mol. The summed E-state index contributed by atoms with van der Waals surface area (Å²) in [5.41, 5.74) is 1.43. The standard InChI is InChI=1S/C18H22N2O3/c19-14-16-4-1-3-15(13-16)5-6-18(22)20-9-7-17(8-10-20)23-12-2-11-21/h1,3-6,13,17,21H,2,7-12H2/b6-5+. The molecule has 0 aromatic heterocycles. The number of carbonyl (C=O) groups excluding carboxylic acids is 1. The molecule has 0 bridgehead atoms. The van der Waals surface area contributed by atoms with E-state index in [2.05, 4.69) is 6.07 Å². The van der Waals surface area contributed by atoms with Crippen LogP contribution in [-0.4, -0.2) is 48.3 Å². The molecule has 1 amide bonds. The second kappa shape index (κ2) is 9.09. The number of carbonyl (C=O) groups is 1. The fourth-order valence-corrected chi connectivity index (χ4v) is 2.54. The molecule has 1 saturated heterocycles. The first kappa shape index (κ1) is 17.2. The summed E-state index contributed by atoms with van der Waals surface area (Å²) in [6.45, 7) is 2.09. The maximum atomic E-state index is 12.2. The topological polar surface area (TPSA) is 73.6 Å². The molecule has 0 unspecified atom stereocenters. The predicted octanol–water partition coefficient (Wildman–Crippen LogP) is 1.96. The van der Waals surface area contributed by atoms with Crippen molar-refractivity contribution in [3.63, 3.8) is 0 Å². The van der Waals surface area contributed by atoms with Gasteiger partial charge in [-0.2, -0.15) is 5.26 Å². The molecule has 23 heavy (non-hydrogen) atoms. The number of nitrogens with zero attached hydrogens (tertiary/aromatic N) is 2. The molecule has 1 N–H and O–H groups in total. The number of benzene rings is 1. The van der Waals surface area contributed by atoms with Crippen LogP contribution >= 0.6 is 0 Å². The second-order valence-corrected chi connectivity index (χ2v) is 5.54. The van der Waals surface area contributed by atoms with E-state index in [0.29, 0.717) is 31.7 Å². The van der Waals surface area contributed by atoms with Gasteiger partial charge in [0.05, 0.1) is 17.7 Å². The number of aliphatic hydroxyl groups excluding tert-OH is 1. The minimum atomic E-state index is -0.0128. The number of amides is 1. The molecular weight excluding hydrogens is 292 g/mol. The quantitative estimate of drug-likeness (QED) is 0.643. The Labute approximate surface area is 136 Å². The predicted molar refractivity (Wildman–Crippen MR) is 87.4 cm³/mol. The molecule has 1 heterocycles. The first-order valence-electron chi connectivity index (χ1n) is 7.92. The molecule has 2 rings (SSSR count). The van der Waals surface area contributed by atoms with Crippen molar-refractivity contribution in [3.05, 3.63) is 41.5 Å². The first-order chi connectivity index (χ1) is 11.2. The van der Waals surface area contributed by atoms with Crippen LogP contribution in [0.1, 0.15) is 30.4 Å². The Bertz CT molecular complexity index is 584. The molecule has 0 spiro atoms. The second-order valence-electron chi connectivity index (χ2n) is 5.54. The molecule has 1 fully saturated rings. The third kappa shape index (κ3) is 5.51. The van der Waals surface area contributed by atoms with E-state index in [9.17, 15) is 4.79 Å². The van der Waals surface area contributed by atoms with E-state index in [0.717, 1.165) is 18.4 Å². The van der Waals surface area contributed by atoms with Crippen LogP contribution in [0.3, 0.4) is 0 Å². The Hall–Kier alpha value is -2.16. The van der Waals surface area contributed by atoms with Gasteiger partial charge in [-0.3, -0.25) is 4.79 Å². The van der Waals surface area contributed by atoms with Crippen LogP contribution < -0.4 is 0 Å². The van der Waals surface area contributed by atoms with Crippen LogP contribution in [0.25, 0.3) is 6.08 Å². The lowest BCUT2D eigenvalue weighted by Crippen LogP contribution is -2.40. The van der Waals surface area contributed by atoms with Gasteiger partial charge in [-0.05, 0) is 43.0 Å². The summed E-state index contributed by atoms with van der Waals surface area (Å²) in [5, 5.41) is 17.6. The Kier molecular flexibility index (Phi) is 6.79. The van der Waals surface area contributed by atoms with Crippen LogP contribution in [0, 0.1) is 11.3 Å². The van der Waals surface area contributed by atoms with Crippen molar-refractivity contribution in [2.24, 2.45) is 0 Å². The Morgan fingerprint density at radius 3 is 2.91 bits per heavy atom.